The highest BCUT2D eigenvalue weighted by Gasteiger charge is 2.29. The van der Waals surface area contributed by atoms with Crippen LogP contribution in [-0.4, -0.2) is 0 Å². The lowest BCUT2D eigenvalue weighted by atomic mass is 10.1. The predicted molar refractivity (Wildman–Crippen MR) is 92.4 cm³/mol. The van der Waals surface area contributed by atoms with Crippen LogP contribution in [0.3, 0.4) is 0 Å². The second-order valence-electron chi connectivity index (χ2n) is 6.15. The zero-order valence-corrected chi connectivity index (χ0v) is 14.6. The second-order valence-corrected chi connectivity index (χ2v) is 8.36. The van der Waals surface area contributed by atoms with Gasteiger partial charge in [0.25, 0.3) is 0 Å². The molecule has 0 aromatic heterocycles. The van der Waals surface area contributed by atoms with E-state index in [-0.39, 0.29) is 0 Å². The summed E-state index contributed by atoms with van der Waals surface area (Å²) < 4.78 is 13.5. The quantitative estimate of drug-likeness (QED) is 0.859. The molecule has 0 saturated carbocycles. The Balaban J connectivity index is 2.78. The zero-order chi connectivity index (χ0) is 15.9. The summed E-state index contributed by atoms with van der Waals surface area (Å²) in [5.41, 5.74) is 12.8. The van der Waals surface area contributed by atoms with Crippen molar-refractivity contribution in [3.8, 4) is 0 Å². The van der Waals surface area contributed by atoms with Crippen LogP contribution < -0.4 is 16.1 Å². The molecule has 21 heavy (non-hydrogen) atoms. The Hall–Kier alpha value is -1.37. The van der Waals surface area contributed by atoms with Crippen LogP contribution in [0, 0.1) is 41.5 Å². The number of nitrogens with two attached hydrogens (primary N) is 1. The van der Waals surface area contributed by atoms with Crippen LogP contribution in [0.5, 0.6) is 0 Å². The normalized spacial score (nSPS) is 11.8. The number of rotatable bonds is 2. The summed E-state index contributed by atoms with van der Waals surface area (Å²) in [5, 5.41) is 1.62. The van der Waals surface area contributed by atoms with E-state index in [4.69, 9.17) is 5.50 Å². The molecule has 0 unspecified atom stereocenters. The monoisotopic (exact) mass is 301 g/mol. The molecule has 0 radical (unpaired) electrons. The van der Waals surface area contributed by atoms with Gasteiger partial charge in [0.15, 0.2) is 0 Å². The molecule has 0 aliphatic heterocycles. The highest BCUT2D eigenvalue weighted by atomic mass is 31.2. The van der Waals surface area contributed by atoms with Crippen LogP contribution in [0.1, 0.15) is 33.4 Å². The van der Waals surface area contributed by atoms with Crippen LogP contribution in [0.15, 0.2) is 24.3 Å². The number of hydrogen-bond acceptors (Lipinski definition) is 1. The Morgan fingerprint density at radius 3 is 1.14 bits per heavy atom. The summed E-state index contributed by atoms with van der Waals surface area (Å²) in [7, 11) is -3.09. The van der Waals surface area contributed by atoms with E-state index in [1.54, 1.807) is 0 Å². The number of aryl methyl sites for hydroxylation is 6. The van der Waals surface area contributed by atoms with E-state index in [0.717, 1.165) is 32.9 Å². The maximum absolute atomic E-state index is 13.5. The van der Waals surface area contributed by atoms with Gasteiger partial charge in [-0.15, -0.1) is 0 Å². The molecule has 0 aliphatic rings. The Morgan fingerprint density at radius 2 is 0.905 bits per heavy atom. The summed E-state index contributed by atoms with van der Waals surface area (Å²) in [4.78, 5) is 0. The predicted octanol–water partition coefficient (Wildman–Crippen LogP) is 3.72. The van der Waals surface area contributed by atoms with E-state index in [1.165, 1.54) is 11.1 Å². The molecular weight excluding hydrogens is 277 g/mol. The zero-order valence-electron chi connectivity index (χ0n) is 13.7. The van der Waals surface area contributed by atoms with Crippen LogP contribution >= 0.6 is 7.29 Å². The number of hydrogen-bond donors (Lipinski definition) is 1. The van der Waals surface area contributed by atoms with Gasteiger partial charge >= 0.3 is 0 Å². The van der Waals surface area contributed by atoms with Gasteiger partial charge in [0, 0.05) is 10.6 Å². The Bertz CT molecular complexity index is 654. The van der Waals surface area contributed by atoms with E-state index in [0.29, 0.717) is 0 Å². The minimum atomic E-state index is -3.09. The summed E-state index contributed by atoms with van der Waals surface area (Å²) in [6.45, 7) is 12.1. The third kappa shape index (κ3) is 2.84. The molecule has 2 aromatic carbocycles. The van der Waals surface area contributed by atoms with Crippen molar-refractivity contribution < 1.29 is 4.57 Å². The van der Waals surface area contributed by atoms with Gasteiger partial charge in [0.05, 0.1) is 0 Å². The molecule has 0 spiro atoms. The summed E-state index contributed by atoms with van der Waals surface area (Å²) >= 11 is 0. The first-order chi connectivity index (χ1) is 9.64. The fraction of sp³-hybridized carbons (Fsp3) is 0.333. The van der Waals surface area contributed by atoms with Gasteiger partial charge in [-0.05, 0) is 63.8 Å². The van der Waals surface area contributed by atoms with Crippen molar-refractivity contribution in [2.45, 2.75) is 41.5 Å². The second kappa shape index (κ2) is 5.44. The fourth-order valence-electron chi connectivity index (χ4n) is 3.50. The first-order valence-corrected chi connectivity index (χ1v) is 8.97. The molecule has 2 aromatic rings. The van der Waals surface area contributed by atoms with Crippen molar-refractivity contribution in [3.05, 3.63) is 57.6 Å². The van der Waals surface area contributed by atoms with Crippen LogP contribution in [-0.2, 0) is 4.57 Å². The smallest absolute Gasteiger partial charge is 0.203 e. The van der Waals surface area contributed by atoms with Gasteiger partial charge in [-0.3, -0.25) is 10.1 Å². The van der Waals surface area contributed by atoms with Gasteiger partial charge in [-0.25, -0.2) is 0 Å². The standard InChI is InChI=1S/C18H24NOP/c1-11-7-13(3)17(14(4)8-11)21(19,20)18-15(5)9-12(2)10-16(18)6/h7-10H,1-6H3,(H2,19,20). The third-order valence-electron chi connectivity index (χ3n) is 3.94. The average Bonchev–Trinajstić information content (AvgIpc) is 2.23. The van der Waals surface area contributed by atoms with E-state index in [1.807, 2.05) is 41.5 Å². The van der Waals surface area contributed by atoms with Gasteiger partial charge in [-0.1, -0.05) is 35.4 Å². The summed E-state index contributed by atoms with van der Waals surface area (Å²) in [6, 6.07) is 8.22. The average molecular weight is 301 g/mol. The molecule has 0 aliphatic carbocycles. The van der Waals surface area contributed by atoms with Crippen LogP contribution in [0.25, 0.3) is 0 Å². The maximum Gasteiger partial charge on any atom is 0.203 e. The van der Waals surface area contributed by atoms with Gasteiger partial charge in [-0.2, -0.15) is 0 Å². The molecule has 0 heterocycles. The summed E-state index contributed by atoms with van der Waals surface area (Å²) in [5.74, 6) is 0. The van der Waals surface area contributed by atoms with Crippen LogP contribution in [0.4, 0.5) is 0 Å². The largest absolute Gasteiger partial charge is 0.297 e. The van der Waals surface area contributed by atoms with E-state index >= 15 is 0 Å². The van der Waals surface area contributed by atoms with Crippen molar-refractivity contribution >= 4 is 17.9 Å². The molecule has 0 fully saturated rings. The molecule has 2 N–H and O–H groups in total. The van der Waals surface area contributed by atoms with Gasteiger partial charge in [0.1, 0.15) is 0 Å². The molecule has 0 saturated heterocycles. The molecule has 2 rings (SSSR count). The third-order valence-corrected chi connectivity index (χ3v) is 6.67. The molecule has 0 amide bonds. The van der Waals surface area contributed by atoms with E-state index < -0.39 is 7.29 Å². The SMILES string of the molecule is Cc1cc(C)c(P(N)(=O)c2c(C)cc(C)cc2C)c(C)c1. The molecule has 2 nitrogen and oxygen atoms in total. The molecule has 3 heteroatoms. The molecule has 112 valence electrons. The van der Waals surface area contributed by atoms with E-state index in [9.17, 15) is 4.57 Å². The first kappa shape index (κ1) is 16.0. The van der Waals surface area contributed by atoms with Crippen LogP contribution in [0.2, 0.25) is 0 Å². The molecule has 0 atom stereocenters. The lowest BCUT2D eigenvalue weighted by Gasteiger charge is -2.23. The lowest BCUT2D eigenvalue weighted by molar-refractivity contribution is 0.587. The minimum absolute atomic E-state index is 0.808. The van der Waals surface area contributed by atoms with Gasteiger partial charge < -0.3 is 0 Å². The Kier molecular flexibility index (Phi) is 4.15. The number of benzene rings is 2. The minimum Gasteiger partial charge on any atom is -0.297 e. The maximum atomic E-state index is 13.5. The highest BCUT2D eigenvalue weighted by Crippen LogP contribution is 2.39. The Labute approximate surface area is 127 Å². The Morgan fingerprint density at radius 1 is 0.667 bits per heavy atom. The van der Waals surface area contributed by atoms with E-state index in [2.05, 4.69) is 24.3 Å². The van der Waals surface area contributed by atoms with Crippen molar-refractivity contribution in [2.24, 2.45) is 5.50 Å². The first-order valence-electron chi connectivity index (χ1n) is 7.20. The van der Waals surface area contributed by atoms with Crippen molar-refractivity contribution in [1.82, 2.24) is 0 Å². The van der Waals surface area contributed by atoms with Gasteiger partial charge in [0.2, 0.25) is 7.29 Å². The topological polar surface area (TPSA) is 43.1 Å². The molecule has 0 bridgehead atoms. The highest BCUT2D eigenvalue weighted by molar-refractivity contribution is 7.77. The van der Waals surface area contributed by atoms with Crippen molar-refractivity contribution in [1.29, 1.82) is 0 Å². The lowest BCUT2D eigenvalue weighted by Crippen LogP contribution is -2.29. The fourth-order valence-corrected chi connectivity index (χ4v) is 6.08. The molecular formula is C18H24NOP. The summed E-state index contributed by atoms with van der Waals surface area (Å²) in [6.07, 6.45) is 0. The van der Waals surface area contributed by atoms with Crippen molar-refractivity contribution in [3.63, 3.8) is 0 Å². The van der Waals surface area contributed by atoms with Crippen molar-refractivity contribution in [2.75, 3.05) is 0 Å².